The molecule has 2 bridgehead atoms. The molecule has 8 nitrogen and oxygen atoms in total. The zero-order valence-electron chi connectivity index (χ0n) is 16.2. The molecule has 1 spiro atoms. The van der Waals surface area contributed by atoms with Gasteiger partial charge in [-0.3, -0.25) is 5.41 Å². The van der Waals surface area contributed by atoms with E-state index in [4.69, 9.17) is 24.4 Å². The van der Waals surface area contributed by atoms with Gasteiger partial charge in [-0.1, -0.05) is 6.42 Å². The minimum absolute atomic E-state index is 0.401. The summed E-state index contributed by atoms with van der Waals surface area (Å²) in [4.78, 5) is 0. The number of hydrogen-bond donors (Lipinski definition) is 1. The van der Waals surface area contributed by atoms with Crippen molar-refractivity contribution >= 4 is 5.90 Å². The van der Waals surface area contributed by atoms with Gasteiger partial charge in [-0.25, -0.2) is 0 Å². The Labute approximate surface area is 168 Å². The standard InChI is InChI=1S/C21H20N4O4/c1-26-13-6-7-15(27-2)14(9-13)17-20(12-24)18(25)29-21(28-17)8-4-3-5-16(21)19(20,10-22)11-23/h6-7,9,16-17,25H,3-5,8H2,1-2H3/t16-,17+,20+,21+/m0/s1. The molecule has 3 aliphatic heterocycles. The van der Waals surface area contributed by atoms with E-state index in [-0.39, 0.29) is 0 Å². The summed E-state index contributed by atoms with van der Waals surface area (Å²) < 4.78 is 23.1. The average Bonchev–Trinajstić information content (AvgIpc) is 2.76. The van der Waals surface area contributed by atoms with Crippen LogP contribution in [0.1, 0.15) is 37.4 Å². The molecule has 1 saturated carbocycles. The summed E-state index contributed by atoms with van der Waals surface area (Å²) in [5.74, 6) is -1.40. The highest BCUT2D eigenvalue weighted by Gasteiger charge is 2.80. The third-order valence-corrected chi connectivity index (χ3v) is 6.54. The first-order valence-corrected chi connectivity index (χ1v) is 9.40. The van der Waals surface area contributed by atoms with Crippen LogP contribution in [0.25, 0.3) is 0 Å². The van der Waals surface area contributed by atoms with Gasteiger partial charge in [0, 0.05) is 12.0 Å². The SMILES string of the molecule is COc1ccc(OC)c([C@H]2O[C@@]34CCCC[C@H]3C(C#N)(C#N)[C@@]2(C#N)C(=N)O4)c1. The van der Waals surface area contributed by atoms with E-state index < -0.39 is 34.5 Å². The molecule has 3 saturated heterocycles. The monoisotopic (exact) mass is 392 g/mol. The van der Waals surface area contributed by atoms with E-state index in [1.165, 1.54) is 14.2 Å². The lowest BCUT2D eigenvalue weighted by Gasteiger charge is -2.63. The van der Waals surface area contributed by atoms with Gasteiger partial charge in [0.15, 0.2) is 10.8 Å². The number of ether oxygens (including phenoxy) is 4. The van der Waals surface area contributed by atoms with Crippen LogP contribution in [0, 0.1) is 56.2 Å². The Bertz CT molecular complexity index is 989. The second kappa shape index (κ2) is 6.37. The number of rotatable bonds is 3. The number of nitrogens with one attached hydrogen (secondary N) is 1. The first kappa shape index (κ1) is 19.1. The normalized spacial score (nSPS) is 34.0. The summed E-state index contributed by atoms with van der Waals surface area (Å²) in [5, 5.41) is 39.4. The van der Waals surface area contributed by atoms with Gasteiger partial charge in [0.1, 0.15) is 17.6 Å². The minimum atomic E-state index is -1.93. The van der Waals surface area contributed by atoms with Gasteiger partial charge in [-0.2, -0.15) is 15.8 Å². The zero-order valence-corrected chi connectivity index (χ0v) is 16.2. The zero-order chi connectivity index (χ0) is 20.9. The third-order valence-electron chi connectivity index (χ3n) is 6.54. The number of nitriles is 3. The van der Waals surface area contributed by atoms with Crippen molar-refractivity contribution in [2.75, 3.05) is 14.2 Å². The third kappa shape index (κ3) is 2.11. The molecule has 3 heterocycles. The average molecular weight is 392 g/mol. The second-order valence-corrected chi connectivity index (χ2v) is 7.60. The first-order chi connectivity index (χ1) is 14.0. The van der Waals surface area contributed by atoms with Crippen molar-refractivity contribution in [1.29, 1.82) is 21.2 Å². The fourth-order valence-corrected chi connectivity index (χ4v) is 5.16. The molecule has 1 aromatic carbocycles. The topological polar surface area (TPSA) is 132 Å². The maximum absolute atomic E-state index is 10.3. The van der Waals surface area contributed by atoms with Gasteiger partial charge in [0.05, 0.1) is 38.3 Å². The Balaban J connectivity index is 2.03. The summed E-state index contributed by atoms with van der Waals surface area (Å²) in [6, 6.07) is 11.4. The van der Waals surface area contributed by atoms with E-state index in [2.05, 4.69) is 18.2 Å². The van der Waals surface area contributed by atoms with E-state index in [1.807, 2.05) is 0 Å². The molecule has 1 N–H and O–H groups in total. The number of hydrogen-bond acceptors (Lipinski definition) is 8. The maximum atomic E-state index is 10.3. The first-order valence-electron chi connectivity index (χ1n) is 9.40. The highest BCUT2D eigenvalue weighted by atomic mass is 16.7. The molecule has 29 heavy (non-hydrogen) atoms. The van der Waals surface area contributed by atoms with Gasteiger partial charge < -0.3 is 18.9 Å². The van der Waals surface area contributed by atoms with Gasteiger partial charge in [0.2, 0.25) is 11.7 Å². The van der Waals surface area contributed by atoms with E-state index in [9.17, 15) is 15.8 Å². The molecule has 0 unspecified atom stereocenters. The van der Waals surface area contributed by atoms with Crippen LogP contribution in [-0.2, 0) is 9.47 Å². The van der Waals surface area contributed by atoms with E-state index in [1.54, 1.807) is 18.2 Å². The van der Waals surface area contributed by atoms with Crippen LogP contribution >= 0.6 is 0 Å². The second-order valence-electron chi connectivity index (χ2n) is 7.60. The summed E-state index contributed by atoms with van der Waals surface area (Å²) in [6.45, 7) is 0. The summed E-state index contributed by atoms with van der Waals surface area (Å²) >= 11 is 0. The number of nitrogens with zero attached hydrogens (tertiary/aromatic N) is 3. The maximum Gasteiger partial charge on any atom is 0.218 e. The molecule has 5 rings (SSSR count). The highest BCUT2D eigenvalue weighted by molar-refractivity contribution is 5.89. The Morgan fingerprint density at radius 1 is 1.10 bits per heavy atom. The molecule has 1 aliphatic carbocycles. The fraction of sp³-hybridized carbons (Fsp3) is 0.524. The van der Waals surface area contributed by atoms with Gasteiger partial charge in [0.25, 0.3) is 0 Å². The van der Waals surface area contributed by atoms with Crippen molar-refractivity contribution in [1.82, 2.24) is 0 Å². The lowest BCUT2D eigenvalue weighted by Crippen LogP contribution is -2.73. The molecule has 4 aliphatic rings. The molecular formula is C21H20N4O4. The molecule has 4 atom stereocenters. The van der Waals surface area contributed by atoms with Crippen molar-refractivity contribution in [2.45, 2.75) is 37.6 Å². The Morgan fingerprint density at radius 3 is 2.48 bits per heavy atom. The smallest absolute Gasteiger partial charge is 0.218 e. The van der Waals surface area contributed by atoms with Crippen molar-refractivity contribution in [3.63, 3.8) is 0 Å². The van der Waals surface area contributed by atoms with E-state index >= 15 is 0 Å². The summed E-state index contributed by atoms with van der Waals surface area (Å²) in [6.07, 6.45) is 1.44. The van der Waals surface area contributed by atoms with Gasteiger partial charge in [-0.15, -0.1) is 0 Å². The van der Waals surface area contributed by atoms with Gasteiger partial charge >= 0.3 is 0 Å². The largest absolute Gasteiger partial charge is 0.497 e. The molecule has 4 fully saturated rings. The minimum Gasteiger partial charge on any atom is -0.497 e. The number of fused-ring (bicyclic) bond motifs is 2. The van der Waals surface area contributed by atoms with Crippen LogP contribution in [0.5, 0.6) is 11.5 Å². The van der Waals surface area contributed by atoms with Crippen molar-refractivity contribution in [3.05, 3.63) is 23.8 Å². The lowest BCUT2D eigenvalue weighted by atomic mass is 9.48. The Morgan fingerprint density at radius 2 is 1.86 bits per heavy atom. The lowest BCUT2D eigenvalue weighted by molar-refractivity contribution is -0.360. The van der Waals surface area contributed by atoms with E-state index in [0.717, 1.165) is 12.8 Å². The highest BCUT2D eigenvalue weighted by Crippen LogP contribution is 2.69. The summed E-state index contributed by atoms with van der Waals surface area (Å²) in [5.41, 5.74) is -3.27. The van der Waals surface area contributed by atoms with Crippen molar-refractivity contribution < 1.29 is 18.9 Å². The van der Waals surface area contributed by atoms with Gasteiger partial charge in [-0.05, 0) is 31.0 Å². The van der Waals surface area contributed by atoms with Crippen LogP contribution in [0.15, 0.2) is 18.2 Å². The van der Waals surface area contributed by atoms with Crippen LogP contribution in [0.3, 0.4) is 0 Å². The Kier molecular flexibility index (Phi) is 4.19. The molecule has 0 radical (unpaired) electrons. The predicted molar refractivity (Wildman–Crippen MR) is 98.6 cm³/mol. The molecule has 0 amide bonds. The molecule has 1 aromatic rings. The van der Waals surface area contributed by atoms with Crippen LogP contribution in [0.2, 0.25) is 0 Å². The van der Waals surface area contributed by atoms with Crippen LogP contribution in [-0.4, -0.2) is 25.9 Å². The number of benzene rings is 1. The van der Waals surface area contributed by atoms with Crippen LogP contribution in [0.4, 0.5) is 0 Å². The molecular weight excluding hydrogens is 372 g/mol. The van der Waals surface area contributed by atoms with Crippen molar-refractivity contribution in [3.8, 4) is 29.7 Å². The predicted octanol–water partition coefficient (Wildman–Crippen LogP) is 3.21. The fourth-order valence-electron chi connectivity index (χ4n) is 5.16. The van der Waals surface area contributed by atoms with Crippen LogP contribution < -0.4 is 9.47 Å². The summed E-state index contributed by atoms with van der Waals surface area (Å²) in [7, 11) is 2.99. The van der Waals surface area contributed by atoms with Crippen molar-refractivity contribution in [2.24, 2.45) is 16.7 Å². The van der Waals surface area contributed by atoms with E-state index in [0.29, 0.717) is 29.9 Å². The molecule has 148 valence electrons. The molecule has 8 heteroatoms. The Hall–Kier alpha value is -3.28. The quantitative estimate of drug-likeness (QED) is 0.835. The molecule has 0 aromatic heterocycles. The number of methoxy groups -OCH3 is 2.